The third-order valence-corrected chi connectivity index (χ3v) is 3.12. The van der Waals surface area contributed by atoms with Gasteiger partial charge in [0.15, 0.2) is 0 Å². The van der Waals surface area contributed by atoms with Crippen molar-refractivity contribution >= 4 is 5.97 Å². The van der Waals surface area contributed by atoms with Crippen LogP contribution in [-0.4, -0.2) is 21.0 Å². The molecule has 5 heteroatoms. The van der Waals surface area contributed by atoms with Crippen LogP contribution in [0.15, 0.2) is 30.6 Å². The summed E-state index contributed by atoms with van der Waals surface area (Å²) in [6.07, 6.45) is 4.55. The van der Waals surface area contributed by atoms with E-state index in [-0.39, 0.29) is 11.5 Å². The third-order valence-electron chi connectivity index (χ3n) is 3.12. The van der Waals surface area contributed by atoms with Gasteiger partial charge in [-0.05, 0) is 31.0 Å². The predicted molar refractivity (Wildman–Crippen MR) is 66.4 cm³/mol. The van der Waals surface area contributed by atoms with Crippen LogP contribution in [0.1, 0.15) is 34.8 Å². The van der Waals surface area contributed by atoms with Gasteiger partial charge in [0.25, 0.3) is 0 Å². The fraction of sp³-hybridized carbons (Fsp3) is 0.214. The van der Waals surface area contributed by atoms with Crippen molar-refractivity contribution < 1.29 is 14.3 Å². The molecule has 1 fully saturated rings. The summed E-state index contributed by atoms with van der Waals surface area (Å²) in [5.41, 5.74) is 1.93. The van der Waals surface area contributed by atoms with E-state index < -0.39 is 11.8 Å². The van der Waals surface area contributed by atoms with E-state index in [0.29, 0.717) is 17.0 Å². The summed E-state index contributed by atoms with van der Waals surface area (Å²) >= 11 is 0. The number of nitrogens with zero attached hydrogens (tertiary/aromatic N) is 2. The van der Waals surface area contributed by atoms with Crippen LogP contribution in [0.25, 0.3) is 11.3 Å². The second kappa shape index (κ2) is 4.42. The van der Waals surface area contributed by atoms with E-state index in [1.54, 1.807) is 6.07 Å². The lowest BCUT2D eigenvalue weighted by Crippen LogP contribution is -2.04. The van der Waals surface area contributed by atoms with E-state index in [1.165, 1.54) is 18.3 Å². The zero-order chi connectivity index (χ0) is 13.4. The summed E-state index contributed by atoms with van der Waals surface area (Å²) in [6.45, 7) is 0. The first-order chi connectivity index (χ1) is 9.15. The maximum atomic E-state index is 13.1. The summed E-state index contributed by atoms with van der Waals surface area (Å²) in [6, 6.07) is 4.46. The molecule has 0 radical (unpaired) electrons. The van der Waals surface area contributed by atoms with E-state index >= 15 is 0 Å². The zero-order valence-electron chi connectivity index (χ0n) is 10.0. The zero-order valence-corrected chi connectivity index (χ0v) is 10.0. The molecule has 1 aliphatic carbocycles. The highest BCUT2D eigenvalue weighted by molar-refractivity contribution is 5.89. The molecule has 2 aromatic rings. The number of carboxylic acid groups (broad SMARTS) is 1. The predicted octanol–water partition coefficient (Wildman–Crippen LogP) is 2.86. The van der Waals surface area contributed by atoms with Gasteiger partial charge in [0.1, 0.15) is 5.82 Å². The molecule has 0 saturated heterocycles. The normalized spacial score (nSPS) is 14.4. The summed E-state index contributed by atoms with van der Waals surface area (Å²) in [7, 11) is 0. The Hall–Kier alpha value is -2.30. The molecule has 96 valence electrons. The fourth-order valence-corrected chi connectivity index (χ4v) is 2.04. The number of pyridine rings is 2. The Morgan fingerprint density at radius 1 is 1.32 bits per heavy atom. The maximum absolute atomic E-state index is 13.1. The molecule has 19 heavy (non-hydrogen) atoms. The molecule has 1 N–H and O–H groups in total. The van der Waals surface area contributed by atoms with Crippen LogP contribution < -0.4 is 0 Å². The lowest BCUT2D eigenvalue weighted by Gasteiger charge is -2.07. The van der Waals surface area contributed by atoms with Gasteiger partial charge in [-0.1, -0.05) is 0 Å². The summed E-state index contributed by atoms with van der Waals surface area (Å²) in [5.74, 6) is -1.19. The van der Waals surface area contributed by atoms with Gasteiger partial charge in [-0.25, -0.2) is 9.18 Å². The molecular formula is C14H11FN2O2. The Labute approximate surface area is 109 Å². The SMILES string of the molecule is O=C(O)c1ccc(-c2cncc(F)c2)nc1C1CC1. The minimum absolute atomic E-state index is 0.215. The highest BCUT2D eigenvalue weighted by Gasteiger charge is 2.30. The molecule has 0 aromatic carbocycles. The maximum Gasteiger partial charge on any atom is 0.337 e. The number of carbonyl (C=O) groups is 1. The molecule has 0 unspecified atom stereocenters. The number of carboxylic acids is 1. The first-order valence-corrected chi connectivity index (χ1v) is 6.00. The summed E-state index contributed by atoms with van der Waals surface area (Å²) < 4.78 is 13.1. The molecule has 2 heterocycles. The van der Waals surface area contributed by atoms with E-state index in [9.17, 15) is 9.18 Å². The molecule has 1 saturated carbocycles. The van der Waals surface area contributed by atoms with Crippen LogP contribution in [0, 0.1) is 5.82 Å². The van der Waals surface area contributed by atoms with Crippen LogP contribution in [0.5, 0.6) is 0 Å². The van der Waals surface area contributed by atoms with Crippen LogP contribution in [0.3, 0.4) is 0 Å². The molecule has 0 aliphatic heterocycles. The van der Waals surface area contributed by atoms with Crippen LogP contribution in [0.4, 0.5) is 4.39 Å². The van der Waals surface area contributed by atoms with Crippen LogP contribution in [-0.2, 0) is 0 Å². The van der Waals surface area contributed by atoms with Crippen molar-refractivity contribution in [2.45, 2.75) is 18.8 Å². The third kappa shape index (κ3) is 2.31. The summed E-state index contributed by atoms with van der Waals surface area (Å²) in [5, 5.41) is 9.14. The Morgan fingerprint density at radius 2 is 2.11 bits per heavy atom. The van der Waals surface area contributed by atoms with Gasteiger partial charge in [-0.15, -0.1) is 0 Å². The van der Waals surface area contributed by atoms with Gasteiger partial charge in [0.2, 0.25) is 0 Å². The topological polar surface area (TPSA) is 63.1 Å². The molecular weight excluding hydrogens is 247 g/mol. The van der Waals surface area contributed by atoms with Crippen LogP contribution >= 0.6 is 0 Å². The molecule has 1 aliphatic rings. The Bertz CT molecular complexity index is 654. The highest BCUT2D eigenvalue weighted by Crippen LogP contribution is 2.41. The number of hydrogen-bond acceptors (Lipinski definition) is 3. The van der Waals surface area contributed by atoms with Gasteiger partial charge >= 0.3 is 5.97 Å². The van der Waals surface area contributed by atoms with Gasteiger partial charge in [-0.2, -0.15) is 0 Å². The van der Waals surface area contributed by atoms with Gasteiger partial charge in [0.05, 0.1) is 23.1 Å². The molecule has 2 aromatic heterocycles. The first kappa shape index (κ1) is 11.8. The van der Waals surface area contributed by atoms with Gasteiger partial charge < -0.3 is 5.11 Å². The molecule has 0 amide bonds. The Balaban J connectivity index is 2.08. The number of aromatic carboxylic acids is 1. The van der Waals surface area contributed by atoms with Crippen molar-refractivity contribution in [3.05, 3.63) is 47.7 Å². The van der Waals surface area contributed by atoms with Crippen molar-refractivity contribution in [3.8, 4) is 11.3 Å². The molecule has 0 bridgehead atoms. The monoisotopic (exact) mass is 258 g/mol. The minimum atomic E-state index is -0.974. The second-order valence-electron chi connectivity index (χ2n) is 4.60. The minimum Gasteiger partial charge on any atom is -0.478 e. The Kier molecular flexibility index (Phi) is 2.74. The van der Waals surface area contributed by atoms with Crippen molar-refractivity contribution in [1.29, 1.82) is 0 Å². The lowest BCUT2D eigenvalue weighted by molar-refractivity contribution is 0.0695. The van der Waals surface area contributed by atoms with Crippen molar-refractivity contribution in [2.24, 2.45) is 0 Å². The molecule has 0 spiro atoms. The lowest BCUT2D eigenvalue weighted by atomic mass is 10.1. The molecule has 3 rings (SSSR count). The average molecular weight is 258 g/mol. The average Bonchev–Trinajstić information content (AvgIpc) is 3.22. The number of halogens is 1. The highest BCUT2D eigenvalue weighted by atomic mass is 19.1. The number of hydrogen-bond donors (Lipinski definition) is 1. The first-order valence-electron chi connectivity index (χ1n) is 6.00. The largest absolute Gasteiger partial charge is 0.478 e. The van der Waals surface area contributed by atoms with E-state index in [4.69, 9.17) is 5.11 Å². The summed E-state index contributed by atoms with van der Waals surface area (Å²) in [4.78, 5) is 19.3. The second-order valence-corrected chi connectivity index (χ2v) is 4.60. The van der Waals surface area contributed by atoms with E-state index in [1.807, 2.05) is 0 Å². The Morgan fingerprint density at radius 3 is 2.74 bits per heavy atom. The quantitative estimate of drug-likeness (QED) is 0.919. The standard InChI is InChI=1S/C14H11FN2O2/c15-10-5-9(6-16-7-10)12-4-3-11(14(18)19)13(17-12)8-1-2-8/h3-8H,1-2H2,(H,18,19). The fourth-order valence-electron chi connectivity index (χ4n) is 2.04. The van der Waals surface area contributed by atoms with E-state index in [2.05, 4.69) is 9.97 Å². The van der Waals surface area contributed by atoms with Gasteiger partial charge in [-0.3, -0.25) is 9.97 Å². The van der Waals surface area contributed by atoms with Crippen LogP contribution in [0.2, 0.25) is 0 Å². The van der Waals surface area contributed by atoms with Crippen molar-refractivity contribution in [3.63, 3.8) is 0 Å². The smallest absolute Gasteiger partial charge is 0.337 e. The van der Waals surface area contributed by atoms with E-state index in [0.717, 1.165) is 19.0 Å². The molecule has 0 atom stereocenters. The number of aromatic nitrogens is 2. The molecule has 4 nitrogen and oxygen atoms in total. The van der Waals surface area contributed by atoms with Crippen molar-refractivity contribution in [2.75, 3.05) is 0 Å². The number of rotatable bonds is 3. The van der Waals surface area contributed by atoms with Crippen molar-refractivity contribution in [1.82, 2.24) is 9.97 Å². The van der Waals surface area contributed by atoms with Gasteiger partial charge in [0, 0.05) is 17.7 Å².